The lowest BCUT2D eigenvalue weighted by atomic mass is 9.88. The molecule has 0 aromatic carbocycles. The number of nitrogens with zero attached hydrogens (tertiary/aromatic N) is 1. The van der Waals surface area contributed by atoms with Crippen molar-refractivity contribution in [2.45, 2.75) is 39.2 Å². The summed E-state index contributed by atoms with van der Waals surface area (Å²) in [4.78, 5) is 24.8. The molecule has 0 bridgehead atoms. The number of urea groups is 1. The summed E-state index contributed by atoms with van der Waals surface area (Å²) < 4.78 is 5.26. The predicted octanol–water partition coefficient (Wildman–Crippen LogP) is 1.31. The van der Waals surface area contributed by atoms with Crippen LogP contribution in [0.2, 0.25) is 0 Å². The van der Waals surface area contributed by atoms with Gasteiger partial charge in [0.1, 0.15) is 0 Å². The number of carbonyl (C=O) groups excluding carboxylic acids is 1. The third kappa shape index (κ3) is 4.09. The topological polar surface area (TPSA) is 78.9 Å². The van der Waals surface area contributed by atoms with E-state index in [0.717, 1.165) is 12.8 Å². The van der Waals surface area contributed by atoms with Crippen LogP contribution in [0.25, 0.3) is 0 Å². The second-order valence-electron chi connectivity index (χ2n) is 5.33. The van der Waals surface area contributed by atoms with Gasteiger partial charge in [-0.05, 0) is 26.2 Å². The molecule has 110 valence electrons. The minimum atomic E-state index is -0.911. The highest BCUT2D eigenvalue weighted by molar-refractivity contribution is 5.77. The predicted molar refractivity (Wildman–Crippen MR) is 71.0 cm³/mol. The van der Waals surface area contributed by atoms with Crippen molar-refractivity contribution in [2.24, 2.45) is 5.41 Å². The van der Waals surface area contributed by atoms with E-state index >= 15 is 0 Å². The maximum atomic E-state index is 12.0. The fourth-order valence-electron chi connectivity index (χ4n) is 1.99. The van der Waals surface area contributed by atoms with Gasteiger partial charge in [-0.15, -0.1) is 0 Å². The Hall–Kier alpha value is -1.30. The van der Waals surface area contributed by atoms with E-state index in [9.17, 15) is 9.59 Å². The molecule has 1 saturated heterocycles. The van der Waals surface area contributed by atoms with Crippen molar-refractivity contribution in [3.63, 3.8) is 0 Å². The van der Waals surface area contributed by atoms with Crippen molar-refractivity contribution in [3.05, 3.63) is 0 Å². The van der Waals surface area contributed by atoms with Crippen LogP contribution in [-0.2, 0) is 9.53 Å². The number of rotatable bonds is 5. The number of carbonyl (C=O) groups is 2. The first-order valence-electron chi connectivity index (χ1n) is 6.72. The number of carboxylic acid groups (broad SMARTS) is 1. The van der Waals surface area contributed by atoms with E-state index in [1.165, 1.54) is 0 Å². The van der Waals surface area contributed by atoms with Crippen LogP contribution < -0.4 is 5.32 Å². The molecular weight excluding hydrogens is 248 g/mol. The first-order chi connectivity index (χ1) is 8.90. The third-order valence-corrected chi connectivity index (χ3v) is 3.99. The van der Waals surface area contributed by atoms with Gasteiger partial charge in [0.15, 0.2) is 0 Å². The van der Waals surface area contributed by atoms with E-state index in [0.29, 0.717) is 19.6 Å². The number of carboxylic acids is 1. The summed E-state index contributed by atoms with van der Waals surface area (Å²) in [5, 5.41) is 11.9. The Morgan fingerprint density at radius 2 is 2.00 bits per heavy atom. The molecular formula is C13H24N2O4. The summed E-state index contributed by atoms with van der Waals surface area (Å²) in [7, 11) is 1.75. The van der Waals surface area contributed by atoms with Crippen LogP contribution in [0.5, 0.6) is 0 Å². The van der Waals surface area contributed by atoms with Gasteiger partial charge in [-0.1, -0.05) is 6.92 Å². The van der Waals surface area contributed by atoms with Crippen LogP contribution in [0, 0.1) is 5.41 Å². The van der Waals surface area contributed by atoms with Gasteiger partial charge in [-0.3, -0.25) is 4.79 Å². The molecule has 1 aliphatic rings. The summed E-state index contributed by atoms with van der Waals surface area (Å²) >= 11 is 0. The van der Waals surface area contributed by atoms with Crippen LogP contribution in [-0.4, -0.2) is 54.9 Å². The molecule has 1 fully saturated rings. The Morgan fingerprint density at radius 3 is 2.47 bits per heavy atom. The monoisotopic (exact) mass is 272 g/mol. The molecule has 2 N–H and O–H groups in total. The maximum absolute atomic E-state index is 12.0. The van der Waals surface area contributed by atoms with Crippen molar-refractivity contribution < 1.29 is 19.4 Å². The molecule has 2 amide bonds. The Morgan fingerprint density at radius 1 is 1.42 bits per heavy atom. The van der Waals surface area contributed by atoms with Crippen molar-refractivity contribution in [1.29, 1.82) is 0 Å². The highest BCUT2D eigenvalue weighted by atomic mass is 16.5. The molecule has 6 heteroatoms. The Bertz CT molecular complexity index is 329. The van der Waals surface area contributed by atoms with Crippen molar-refractivity contribution in [3.8, 4) is 0 Å². The van der Waals surface area contributed by atoms with E-state index in [4.69, 9.17) is 9.84 Å². The van der Waals surface area contributed by atoms with Gasteiger partial charge in [0.05, 0.1) is 5.41 Å². The average Bonchev–Trinajstić information content (AvgIpc) is 2.44. The first-order valence-corrected chi connectivity index (χ1v) is 6.72. The van der Waals surface area contributed by atoms with Crippen LogP contribution >= 0.6 is 0 Å². The molecule has 0 aromatic rings. The van der Waals surface area contributed by atoms with Gasteiger partial charge in [0, 0.05) is 32.8 Å². The molecule has 0 spiro atoms. The minimum absolute atomic E-state index is 0.144. The highest BCUT2D eigenvalue weighted by Gasteiger charge is 2.32. The zero-order valence-corrected chi connectivity index (χ0v) is 11.9. The van der Waals surface area contributed by atoms with E-state index in [2.05, 4.69) is 5.32 Å². The van der Waals surface area contributed by atoms with Gasteiger partial charge in [-0.25, -0.2) is 4.79 Å². The Labute approximate surface area is 114 Å². The van der Waals surface area contributed by atoms with Crippen LogP contribution in [0.4, 0.5) is 4.79 Å². The molecule has 0 radical (unpaired) electrons. The van der Waals surface area contributed by atoms with Crippen LogP contribution in [0.15, 0.2) is 0 Å². The van der Waals surface area contributed by atoms with Gasteiger partial charge in [-0.2, -0.15) is 0 Å². The fraction of sp³-hybridized carbons (Fsp3) is 0.846. The number of hydrogen-bond donors (Lipinski definition) is 2. The summed E-state index contributed by atoms with van der Waals surface area (Å²) in [5.41, 5.74) is -0.911. The quantitative estimate of drug-likeness (QED) is 0.791. The number of amides is 2. The molecule has 1 aliphatic heterocycles. The van der Waals surface area contributed by atoms with Gasteiger partial charge in [0.25, 0.3) is 0 Å². The molecule has 0 aliphatic carbocycles. The van der Waals surface area contributed by atoms with Crippen molar-refractivity contribution >= 4 is 12.0 Å². The standard InChI is InChI=1S/C13H24N2O4/c1-4-13(2,11(16)17)9-14-12(18)15(3)10-5-7-19-8-6-10/h10H,4-9H2,1-3H3,(H,14,18)(H,16,17). The van der Waals surface area contributed by atoms with Crippen molar-refractivity contribution in [2.75, 3.05) is 26.8 Å². The lowest BCUT2D eigenvalue weighted by Gasteiger charge is -2.32. The molecule has 1 unspecified atom stereocenters. The number of nitrogens with one attached hydrogen (secondary N) is 1. The van der Waals surface area contributed by atoms with Crippen LogP contribution in [0.1, 0.15) is 33.1 Å². The summed E-state index contributed by atoms with van der Waals surface area (Å²) in [6.45, 7) is 4.94. The molecule has 0 saturated carbocycles. The smallest absolute Gasteiger partial charge is 0.317 e. The number of aliphatic carboxylic acids is 1. The maximum Gasteiger partial charge on any atom is 0.317 e. The van der Waals surface area contributed by atoms with Gasteiger partial charge < -0.3 is 20.1 Å². The summed E-state index contributed by atoms with van der Waals surface area (Å²) in [6, 6.07) is -0.0423. The summed E-state index contributed by atoms with van der Waals surface area (Å²) in [6.07, 6.45) is 2.13. The minimum Gasteiger partial charge on any atom is -0.481 e. The zero-order chi connectivity index (χ0) is 14.5. The molecule has 1 rings (SSSR count). The third-order valence-electron chi connectivity index (χ3n) is 3.99. The molecule has 0 aromatic heterocycles. The Balaban J connectivity index is 2.47. The number of hydrogen-bond acceptors (Lipinski definition) is 3. The van der Waals surface area contributed by atoms with E-state index < -0.39 is 11.4 Å². The van der Waals surface area contributed by atoms with E-state index in [-0.39, 0.29) is 18.6 Å². The van der Waals surface area contributed by atoms with Gasteiger partial charge >= 0.3 is 12.0 Å². The normalized spacial score (nSPS) is 19.5. The van der Waals surface area contributed by atoms with Crippen LogP contribution in [0.3, 0.4) is 0 Å². The SMILES string of the molecule is CCC(C)(CNC(=O)N(C)C1CCOCC1)C(=O)O. The largest absolute Gasteiger partial charge is 0.481 e. The molecule has 1 heterocycles. The first kappa shape index (κ1) is 15.8. The second kappa shape index (κ2) is 6.75. The average molecular weight is 272 g/mol. The van der Waals surface area contributed by atoms with E-state index in [1.807, 2.05) is 6.92 Å². The molecule has 19 heavy (non-hydrogen) atoms. The lowest BCUT2D eigenvalue weighted by Crippen LogP contribution is -2.49. The zero-order valence-electron chi connectivity index (χ0n) is 11.9. The second-order valence-corrected chi connectivity index (χ2v) is 5.33. The number of ether oxygens (including phenoxy) is 1. The molecule has 1 atom stereocenters. The molecule has 6 nitrogen and oxygen atoms in total. The van der Waals surface area contributed by atoms with E-state index in [1.54, 1.807) is 18.9 Å². The fourth-order valence-corrected chi connectivity index (χ4v) is 1.99. The van der Waals surface area contributed by atoms with Crippen molar-refractivity contribution in [1.82, 2.24) is 10.2 Å². The highest BCUT2D eigenvalue weighted by Crippen LogP contribution is 2.20. The Kier molecular flexibility index (Phi) is 5.60. The lowest BCUT2D eigenvalue weighted by molar-refractivity contribution is -0.147. The van der Waals surface area contributed by atoms with Gasteiger partial charge in [0.2, 0.25) is 0 Å². The summed E-state index contributed by atoms with van der Waals surface area (Å²) in [5.74, 6) is -0.885.